The zero-order chi connectivity index (χ0) is 17.0. The Balaban J connectivity index is 2.11. The van der Waals surface area contributed by atoms with E-state index in [1.807, 2.05) is 0 Å². The van der Waals surface area contributed by atoms with Gasteiger partial charge < -0.3 is 4.57 Å². The van der Waals surface area contributed by atoms with E-state index in [9.17, 15) is 0 Å². The summed E-state index contributed by atoms with van der Waals surface area (Å²) in [5.74, 6) is 0. The van der Waals surface area contributed by atoms with Gasteiger partial charge in [-0.1, -0.05) is 60.2 Å². The first-order valence-electron chi connectivity index (χ1n) is 8.57. The van der Waals surface area contributed by atoms with E-state index >= 15 is 0 Å². The van der Waals surface area contributed by atoms with Crippen molar-refractivity contribution in [1.29, 1.82) is 0 Å². The summed E-state index contributed by atoms with van der Waals surface area (Å²) < 4.78 is 2.20. The third-order valence-corrected chi connectivity index (χ3v) is 5.04. The molecule has 5 rings (SSSR count). The Kier molecular flexibility index (Phi) is 2.95. The van der Waals surface area contributed by atoms with Crippen LogP contribution in [0.3, 0.4) is 0 Å². The maximum atomic E-state index is 5.00. The molecule has 2 heteroatoms. The van der Waals surface area contributed by atoms with Gasteiger partial charge in [0.25, 0.3) is 0 Å². The third kappa shape index (κ3) is 2.01. The second-order valence-electron chi connectivity index (χ2n) is 6.65. The summed E-state index contributed by atoms with van der Waals surface area (Å²) >= 11 is 0. The Morgan fingerprint density at radius 3 is 2.40 bits per heavy atom. The molecule has 0 aliphatic carbocycles. The minimum absolute atomic E-state index is 1.04. The van der Waals surface area contributed by atoms with Crippen molar-refractivity contribution in [1.82, 2.24) is 9.55 Å². The van der Waals surface area contributed by atoms with Gasteiger partial charge in [-0.25, -0.2) is 4.98 Å². The zero-order valence-corrected chi connectivity index (χ0v) is 14.3. The van der Waals surface area contributed by atoms with E-state index in [2.05, 4.69) is 91.3 Å². The molecule has 120 valence electrons. The smallest absolute Gasteiger partial charge is 0.142 e. The van der Waals surface area contributed by atoms with Crippen LogP contribution >= 0.6 is 0 Å². The second kappa shape index (κ2) is 5.18. The lowest BCUT2D eigenvalue weighted by atomic mass is 9.95. The van der Waals surface area contributed by atoms with Gasteiger partial charge in [-0.05, 0) is 30.7 Å². The maximum absolute atomic E-state index is 5.00. The molecule has 0 saturated heterocycles. The minimum atomic E-state index is 1.04. The van der Waals surface area contributed by atoms with Gasteiger partial charge in [0.05, 0.1) is 11.0 Å². The molecule has 25 heavy (non-hydrogen) atoms. The Morgan fingerprint density at radius 2 is 1.56 bits per heavy atom. The topological polar surface area (TPSA) is 17.8 Å². The molecular formula is C23H18N2. The molecule has 2 nitrogen and oxygen atoms in total. The molecule has 0 radical (unpaired) electrons. The fraction of sp³-hybridized carbons (Fsp3) is 0.0870. The van der Waals surface area contributed by atoms with Gasteiger partial charge in [0, 0.05) is 28.8 Å². The number of pyridine rings is 1. The fourth-order valence-corrected chi connectivity index (χ4v) is 3.86. The van der Waals surface area contributed by atoms with E-state index in [0.29, 0.717) is 0 Å². The number of aromatic nitrogens is 2. The average Bonchev–Trinajstić information content (AvgIpc) is 2.93. The van der Waals surface area contributed by atoms with Crippen LogP contribution in [0.2, 0.25) is 0 Å². The third-order valence-electron chi connectivity index (χ3n) is 5.04. The molecule has 0 fully saturated rings. The van der Waals surface area contributed by atoms with Crippen LogP contribution in [0.25, 0.3) is 44.0 Å². The first-order chi connectivity index (χ1) is 12.2. The van der Waals surface area contributed by atoms with Crippen LogP contribution in [0.1, 0.15) is 5.56 Å². The standard InChI is InChI=1S/C23H18N2/c1-15-12-13-19-18(14-15)21(16-8-4-3-5-9-16)22-17-10-6-7-11-20(17)25(2)23(22)24-19/h3-14H,1-2H3. The van der Waals surface area contributed by atoms with Crippen LogP contribution in [-0.4, -0.2) is 9.55 Å². The number of nitrogens with zero attached hydrogens (tertiary/aromatic N) is 2. The van der Waals surface area contributed by atoms with E-state index in [1.54, 1.807) is 0 Å². The highest BCUT2D eigenvalue weighted by Gasteiger charge is 2.17. The predicted octanol–water partition coefficient (Wildman–Crippen LogP) is 5.86. The van der Waals surface area contributed by atoms with Gasteiger partial charge in [-0.3, -0.25) is 0 Å². The van der Waals surface area contributed by atoms with E-state index in [-0.39, 0.29) is 0 Å². The van der Waals surface area contributed by atoms with Crippen LogP contribution in [-0.2, 0) is 7.05 Å². The predicted molar refractivity (Wildman–Crippen MR) is 106 cm³/mol. The Hall–Kier alpha value is -3.13. The molecule has 0 spiro atoms. The number of rotatable bonds is 1. The summed E-state index contributed by atoms with van der Waals surface area (Å²) in [6, 6.07) is 25.8. The summed E-state index contributed by atoms with van der Waals surface area (Å²) in [6.45, 7) is 2.14. The Labute approximate surface area is 146 Å². The second-order valence-corrected chi connectivity index (χ2v) is 6.65. The number of hydrogen-bond acceptors (Lipinski definition) is 1. The zero-order valence-electron chi connectivity index (χ0n) is 14.3. The summed E-state index contributed by atoms with van der Waals surface area (Å²) in [6.07, 6.45) is 0. The van der Waals surface area contributed by atoms with Crippen molar-refractivity contribution < 1.29 is 0 Å². The van der Waals surface area contributed by atoms with Crippen LogP contribution in [0.4, 0.5) is 0 Å². The average molecular weight is 322 g/mol. The number of hydrogen-bond donors (Lipinski definition) is 0. The molecule has 5 aromatic rings. The van der Waals surface area contributed by atoms with Gasteiger partial charge in [-0.2, -0.15) is 0 Å². The van der Waals surface area contributed by atoms with E-state index in [1.165, 1.54) is 38.4 Å². The number of benzene rings is 3. The number of para-hydroxylation sites is 1. The van der Waals surface area contributed by atoms with Crippen LogP contribution in [0.15, 0.2) is 72.8 Å². The first-order valence-corrected chi connectivity index (χ1v) is 8.57. The lowest BCUT2D eigenvalue weighted by Crippen LogP contribution is -1.93. The molecule has 2 heterocycles. The van der Waals surface area contributed by atoms with E-state index in [0.717, 1.165) is 11.2 Å². The fourth-order valence-electron chi connectivity index (χ4n) is 3.86. The highest BCUT2D eigenvalue weighted by molar-refractivity contribution is 6.20. The molecule has 0 aliphatic heterocycles. The normalized spacial score (nSPS) is 11.6. The summed E-state index contributed by atoms with van der Waals surface area (Å²) in [4.78, 5) is 5.00. The number of fused-ring (bicyclic) bond motifs is 4. The van der Waals surface area contributed by atoms with E-state index in [4.69, 9.17) is 4.98 Å². The van der Waals surface area contributed by atoms with Crippen molar-refractivity contribution in [2.24, 2.45) is 7.05 Å². The summed E-state index contributed by atoms with van der Waals surface area (Å²) in [5, 5.41) is 3.72. The molecular weight excluding hydrogens is 304 g/mol. The van der Waals surface area contributed by atoms with Gasteiger partial charge in [0.1, 0.15) is 5.65 Å². The first kappa shape index (κ1) is 14.2. The van der Waals surface area contributed by atoms with E-state index < -0.39 is 0 Å². The van der Waals surface area contributed by atoms with Crippen LogP contribution in [0.5, 0.6) is 0 Å². The lowest BCUT2D eigenvalue weighted by molar-refractivity contribution is 0.994. The molecule has 0 bridgehead atoms. The summed E-state index contributed by atoms with van der Waals surface area (Å²) in [5.41, 5.74) is 7.07. The van der Waals surface area contributed by atoms with Gasteiger partial charge in [0.15, 0.2) is 0 Å². The molecule has 0 N–H and O–H groups in total. The Bertz CT molecular complexity index is 1250. The van der Waals surface area contributed by atoms with Crippen LogP contribution < -0.4 is 0 Å². The van der Waals surface area contributed by atoms with Crippen molar-refractivity contribution >= 4 is 32.8 Å². The van der Waals surface area contributed by atoms with Gasteiger partial charge >= 0.3 is 0 Å². The maximum Gasteiger partial charge on any atom is 0.142 e. The van der Waals surface area contributed by atoms with Crippen molar-refractivity contribution in [3.63, 3.8) is 0 Å². The van der Waals surface area contributed by atoms with Crippen molar-refractivity contribution in [3.8, 4) is 11.1 Å². The largest absolute Gasteiger partial charge is 0.328 e. The SMILES string of the molecule is Cc1ccc2nc3c(c(-c4ccccc4)c2c1)c1ccccc1n3C. The van der Waals surface area contributed by atoms with Crippen molar-refractivity contribution in [2.45, 2.75) is 6.92 Å². The van der Waals surface area contributed by atoms with Gasteiger partial charge in [0.2, 0.25) is 0 Å². The van der Waals surface area contributed by atoms with Crippen molar-refractivity contribution in [3.05, 3.63) is 78.4 Å². The molecule has 0 aliphatic rings. The summed E-state index contributed by atoms with van der Waals surface area (Å²) in [7, 11) is 2.10. The quantitative estimate of drug-likeness (QED) is 0.378. The van der Waals surface area contributed by atoms with Gasteiger partial charge in [-0.15, -0.1) is 0 Å². The van der Waals surface area contributed by atoms with Crippen molar-refractivity contribution in [2.75, 3.05) is 0 Å². The molecule has 3 aromatic carbocycles. The van der Waals surface area contributed by atoms with Crippen LogP contribution in [0, 0.1) is 6.92 Å². The monoisotopic (exact) mass is 322 g/mol. The molecule has 0 saturated carbocycles. The minimum Gasteiger partial charge on any atom is -0.328 e. The Morgan fingerprint density at radius 1 is 0.800 bits per heavy atom. The molecule has 0 amide bonds. The lowest BCUT2D eigenvalue weighted by Gasteiger charge is -2.10. The highest BCUT2D eigenvalue weighted by atomic mass is 15.0. The molecule has 2 aromatic heterocycles. The molecule has 0 unspecified atom stereocenters. The highest BCUT2D eigenvalue weighted by Crippen LogP contribution is 2.39. The number of aryl methyl sites for hydroxylation is 2. The molecule has 0 atom stereocenters.